The van der Waals surface area contributed by atoms with Crippen molar-refractivity contribution in [2.24, 2.45) is 0 Å². The molecule has 0 radical (unpaired) electrons. The molecule has 0 saturated heterocycles. The molecule has 0 aliphatic rings. The van der Waals surface area contributed by atoms with Crippen molar-refractivity contribution in [1.29, 1.82) is 0 Å². The molecule has 100 valence electrons. The standard InChI is InChI=1S/C16H19BrN2/c1-12-4-3-5-16(19-12)11-18-13(2)10-14-6-8-15(17)9-7-14/h3-9,13,18H,10-11H2,1-2H3. The van der Waals surface area contributed by atoms with E-state index in [0.717, 1.165) is 28.8 Å². The highest BCUT2D eigenvalue weighted by Crippen LogP contribution is 2.12. The molecule has 0 aliphatic carbocycles. The molecule has 1 aromatic carbocycles. The Hall–Kier alpha value is -1.19. The lowest BCUT2D eigenvalue weighted by molar-refractivity contribution is 0.539. The molecule has 0 spiro atoms. The molecule has 2 rings (SSSR count). The van der Waals surface area contributed by atoms with Crippen molar-refractivity contribution < 1.29 is 0 Å². The number of pyridine rings is 1. The van der Waals surface area contributed by atoms with Gasteiger partial charge in [-0.1, -0.05) is 34.1 Å². The van der Waals surface area contributed by atoms with Crippen LogP contribution in [0.3, 0.4) is 0 Å². The predicted molar refractivity (Wildman–Crippen MR) is 83.1 cm³/mol. The number of hydrogen-bond acceptors (Lipinski definition) is 2. The van der Waals surface area contributed by atoms with Crippen LogP contribution in [-0.2, 0) is 13.0 Å². The lowest BCUT2D eigenvalue weighted by Gasteiger charge is -2.14. The quantitative estimate of drug-likeness (QED) is 0.905. The number of halogens is 1. The summed E-state index contributed by atoms with van der Waals surface area (Å²) in [5.41, 5.74) is 3.52. The molecular formula is C16H19BrN2. The van der Waals surface area contributed by atoms with Gasteiger partial charge < -0.3 is 5.32 Å². The van der Waals surface area contributed by atoms with Gasteiger partial charge in [0.15, 0.2) is 0 Å². The van der Waals surface area contributed by atoms with E-state index in [9.17, 15) is 0 Å². The highest BCUT2D eigenvalue weighted by atomic mass is 79.9. The molecular weight excluding hydrogens is 300 g/mol. The number of hydrogen-bond donors (Lipinski definition) is 1. The van der Waals surface area contributed by atoms with E-state index in [-0.39, 0.29) is 0 Å². The van der Waals surface area contributed by atoms with Crippen molar-refractivity contribution in [3.05, 3.63) is 63.9 Å². The van der Waals surface area contributed by atoms with Gasteiger partial charge in [0, 0.05) is 22.8 Å². The molecule has 0 saturated carbocycles. The molecule has 1 atom stereocenters. The number of aromatic nitrogens is 1. The first-order valence-electron chi connectivity index (χ1n) is 6.54. The van der Waals surface area contributed by atoms with Gasteiger partial charge in [0.25, 0.3) is 0 Å². The van der Waals surface area contributed by atoms with Crippen LogP contribution in [0, 0.1) is 6.92 Å². The first kappa shape index (κ1) is 14.2. The number of rotatable bonds is 5. The third kappa shape index (κ3) is 4.77. The van der Waals surface area contributed by atoms with Gasteiger partial charge in [-0.3, -0.25) is 4.98 Å². The van der Waals surface area contributed by atoms with Crippen LogP contribution >= 0.6 is 15.9 Å². The van der Waals surface area contributed by atoms with Gasteiger partial charge in [-0.15, -0.1) is 0 Å². The fraction of sp³-hybridized carbons (Fsp3) is 0.312. The Bertz CT molecular complexity index is 523. The van der Waals surface area contributed by atoms with Crippen LogP contribution in [0.2, 0.25) is 0 Å². The fourth-order valence-electron chi connectivity index (χ4n) is 2.02. The molecule has 0 bridgehead atoms. The molecule has 3 heteroatoms. The molecule has 1 heterocycles. The van der Waals surface area contributed by atoms with Gasteiger partial charge in [0.05, 0.1) is 5.69 Å². The summed E-state index contributed by atoms with van der Waals surface area (Å²) in [5.74, 6) is 0. The SMILES string of the molecule is Cc1cccc(CNC(C)Cc2ccc(Br)cc2)n1. The van der Waals surface area contributed by atoms with Gasteiger partial charge >= 0.3 is 0 Å². The van der Waals surface area contributed by atoms with Crippen LogP contribution in [0.5, 0.6) is 0 Å². The summed E-state index contributed by atoms with van der Waals surface area (Å²) >= 11 is 3.46. The number of nitrogens with one attached hydrogen (secondary N) is 1. The second kappa shape index (κ2) is 6.83. The van der Waals surface area contributed by atoms with Gasteiger partial charge in [0.1, 0.15) is 0 Å². The molecule has 0 aliphatic heterocycles. The highest BCUT2D eigenvalue weighted by Gasteiger charge is 2.04. The van der Waals surface area contributed by atoms with E-state index in [2.05, 4.69) is 69.6 Å². The maximum absolute atomic E-state index is 4.50. The summed E-state index contributed by atoms with van der Waals surface area (Å²) < 4.78 is 1.13. The Morgan fingerprint density at radius 1 is 1.16 bits per heavy atom. The molecule has 1 N–H and O–H groups in total. The fourth-order valence-corrected chi connectivity index (χ4v) is 2.29. The smallest absolute Gasteiger partial charge is 0.0544 e. The summed E-state index contributed by atoms with van der Waals surface area (Å²) in [4.78, 5) is 4.50. The Morgan fingerprint density at radius 2 is 1.89 bits per heavy atom. The summed E-state index contributed by atoms with van der Waals surface area (Å²) in [6, 6.07) is 15.1. The van der Waals surface area contributed by atoms with E-state index in [1.54, 1.807) is 0 Å². The van der Waals surface area contributed by atoms with Crippen molar-refractivity contribution in [3.63, 3.8) is 0 Å². The second-order valence-corrected chi connectivity index (χ2v) is 5.80. The highest BCUT2D eigenvalue weighted by molar-refractivity contribution is 9.10. The van der Waals surface area contributed by atoms with E-state index in [1.807, 2.05) is 13.0 Å². The third-order valence-corrected chi connectivity index (χ3v) is 3.56. The van der Waals surface area contributed by atoms with Crippen molar-refractivity contribution >= 4 is 15.9 Å². The summed E-state index contributed by atoms with van der Waals surface area (Å²) in [6.07, 6.45) is 1.03. The zero-order valence-corrected chi connectivity index (χ0v) is 12.9. The van der Waals surface area contributed by atoms with Gasteiger partial charge in [-0.2, -0.15) is 0 Å². The summed E-state index contributed by atoms with van der Waals surface area (Å²) in [5, 5.41) is 3.51. The molecule has 2 aromatic rings. The maximum atomic E-state index is 4.50. The van der Waals surface area contributed by atoms with Crippen molar-refractivity contribution in [2.45, 2.75) is 32.9 Å². The largest absolute Gasteiger partial charge is 0.308 e. The Labute approximate surface area is 123 Å². The van der Waals surface area contributed by atoms with Crippen molar-refractivity contribution in [3.8, 4) is 0 Å². The van der Waals surface area contributed by atoms with Gasteiger partial charge in [-0.25, -0.2) is 0 Å². The molecule has 2 nitrogen and oxygen atoms in total. The predicted octanol–water partition coefficient (Wildman–Crippen LogP) is 3.87. The van der Waals surface area contributed by atoms with E-state index >= 15 is 0 Å². The molecule has 1 unspecified atom stereocenters. The zero-order chi connectivity index (χ0) is 13.7. The second-order valence-electron chi connectivity index (χ2n) is 4.88. The Balaban J connectivity index is 1.84. The monoisotopic (exact) mass is 318 g/mol. The maximum Gasteiger partial charge on any atom is 0.0544 e. The van der Waals surface area contributed by atoms with Gasteiger partial charge in [0.2, 0.25) is 0 Å². The lowest BCUT2D eigenvalue weighted by atomic mass is 10.1. The topological polar surface area (TPSA) is 24.9 Å². The van der Waals surface area contributed by atoms with Crippen LogP contribution < -0.4 is 5.32 Å². The number of benzene rings is 1. The minimum Gasteiger partial charge on any atom is -0.308 e. The molecule has 0 fully saturated rings. The minimum atomic E-state index is 0.434. The van der Waals surface area contributed by atoms with Crippen LogP contribution in [0.25, 0.3) is 0 Å². The Morgan fingerprint density at radius 3 is 2.58 bits per heavy atom. The average molecular weight is 319 g/mol. The molecule has 1 aromatic heterocycles. The van der Waals surface area contributed by atoms with Crippen LogP contribution in [0.15, 0.2) is 46.9 Å². The molecule has 0 amide bonds. The minimum absolute atomic E-state index is 0.434. The first-order chi connectivity index (χ1) is 9.13. The lowest BCUT2D eigenvalue weighted by Crippen LogP contribution is -2.27. The first-order valence-corrected chi connectivity index (χ1v) is 7.33. The Kier molecular flexibility index (Phi) is 5.11. The molecule has 19 heavy (non-hydrogen) atoms. The van der Waals surface area contributed by atoms with Crippen LogP contribution in [-0.4, -0.2) is 11.0 Å². The van der Waals surface area contributed by atoms with E-state index < -0.39 is 0 Å². The number of aryl methyl sites for hydroxylation is 1. The summed E-state index contributed by atoms with van der Waals surface area (Å²) in [7, 11) is 0. The van der Waals surface area contributed by atoms with Crippen molar-refractivity contribution in [2.75, 3.05) is 0 Å². The average Bonchev–Trinajstić information content (AvgIpc) is 2.39. The van der Waals surface area contributed by atoms with E-state index in [0.29, 0.717) is 6.04 Å². The van der Waals surface area contributed by atoms with Gasteiger partial charge in [-0.05, 0) is 50.1 Å². The normalized spacial score (nSPS) is 12.4. The van der Waals surface area contributed by atoms with E-state index in [4.69, 9.17) is 0 Å². The van der Waals surface area contributed by atoms with Crippen LogP contribution in [0.1, 0.15) is 23.9 Å². The van der Waals surface area contributed by atoms with E-state index in [1.165, 1.54) is 5.56 Å². The van der Waals surface area contributed by atoms with Crippen LogP contribution in [0.4, 0.5) is 0 Å². The third-order valence-electron chi connectivity index (χ3n) is 3.03. The number of nitrogens with zero attached hydrogens (tertiary/aromatic N) is 1. The summed E-state index contributed by atoms with van der Waals surface area (Å²) in [6.45, 7) is 5.05. The van der Waals surface area contributed by atoms with Crippen molar-refractivity contribution in [1.82, 2.24) is 10.3 Å². The zero-order valence-electron chi connectivity index (χ0n) is 11.4.